The summed E-state index contributed by atoms with van der Waals surface area (Å²) in [7, 11) is 1.42. The lowest BCUT2D eigenvalue weighted by atomic mass is 10.1. The molecule has 3 nitrogen and oxygen atoms in total. The van der Waals surface area contributed by atoms with E-state index < -0.39 is 0 Å². The molecule has 1 N–H and O–H groups in total. The maximum atomic E-state index is 11.9. The highest BCUT2D eigenvalue weighted by atomic mass is 16.5. The van der Waals surface area contributed by atoms with Gasteiger partial charge in [0.05, 0.1) is 7.11 Å². The minimum absolute atomic E-state index is 0.232. The summed E-state index contributed by atoms with van der Waals surface area (Å²) in [5.74, 6) is -0.232. The Hall–Kier alpha value is -2.13. The van der Waals surface area contributed by atoms with Gasteiger partial charge in [-0.15, -0.1) is 0 Å². The lowest BCUT2D eigenvalue weighted by Gasteiger charge is -2.16. The fourth-order valence-electron chi connectivity index (χ4n) is 2.07. The van der Waals surface area contributed by atoms with Crippen molar-refractivity contribution in [3.8, 4) is 0 Å². The molecule has 0 aliphatic heterocycles. The summed E-state index contributed by atoms with van der Waals surface area (Å²) >= 11 is 0. The molecular formula is C17H19NO2. The third-order valence-corrected chi connectivity index (χ3v) is 3.16. The second kappa shape index (κ2) is 7.46. The van der Waals surface area contributed by atoms with E-state index in [-0.39, 0.29) is 12.0 Å². The van der Waals surface area contributed by atoms with Gasteiger partial charge < -0.3 is 10.1 Å². The van der Waals surface area contributed by atoms with Gasteiger partial charge in [0, 0.05) is 6.54 Å². The summed E-state index contributed by atoms with van der Waals surface area (Å²) in [6, 6.07) is 19.6. The number of ether oxygens (including phenoxy) is 1. The van der Waals surface area contributed by atoms with Gasteiger partial charge in [0.2, 0.25) is 0 Å². The second-order valence-electron chi connectivity index (χ2n) is 4.63. The molecule has 0 bridgehead atoms. The molecule has 0 aromatic heterocycles. The van der Waals surface area contributed by atoms with E-state index in [0.29, 0.717) is 13.0 Å². The molecule has 0 saturated heterocycles. The van der Waals surface area contributed by atoms with Crippen LogP contribution in [0.2, 0.25) is 0 Å². The van der Waals surface area contributed by atoms with E-state index in [0.717, 1.165) is 11.1 Å². The normalized spacial score (nSPS) is 11.8. The van der Waals surface area contributed by atoms with Crippen LogP contribution in [0, 0.1) is 0 Å². The average Bonchev–Trinajstić information content (AvgIpc) is 2.52. The van der Waals surface area contributed by atoms with Crippen LogP contribution >= 0.6 is 0 Å². The highest BCUT2D eigenvalue weighted by Gasteiger charge is 2.18. The molecular weight excluding hydrogens is 250 g/mol. The van der Waals surface area contributed by atoms with E-state index in [4.69, 9.17) is 4.74 Å². The molecule has 0 amide bonds. The first kappa shape index (κ1) is 14.3. The Morgan fingerprint density at radius 3 is 2.10 bits per heavy atom. The van der Waals surface area contributed by atoms with Crippen molar-refractivity contribution in [2.45, 2.75) is 19.0 Å². The van der Waals surface area contributed by atoms with Gasteiger partial charge in [0.1, 0.15) is 6.04 Å². The standard InChI is InChI=1S/C17H19NO2/c1-20-17(19)16(12-14-8-4-2-5-9-14)18-13-15-10-6-3-7-11-15/h2-11,16,18H,12-13H2,1H3/t16-/m0/s1. The van der Waals surface area contributed by atoms with Crippen LogP contribution in [0.4, 0.5) is 0 Å². The Kier molecular flexibility index (Phi) is 5.33. The molecule has 0 radical (unpaired) electrons. The van der Waals surface area contributed by atoms with Crippen molar-refractivity contribution in [1.82, 2.24) is 5.32 Å². The highest BCUT2D eigenvalue weighted by Crippen LogP contribution is 2.06. The first-order valence-electron chi connectivity index (χ1n) is 6.68. The third kappa shape index (κ3) is 4.21. The number of benzene rings is 2. The van der Waals surface area contributed by atoms with Gasteiger partial charge >= 0.3 is 5.97 Å². The van der Waals surface area contributed by atoms with Gasteiger partial charge in [-0.2, -0.15) is 0 Å². The molecule has 0 spiro atoms. The number of nitrogens with one attached hydrogen (secondary N) is 1. The predicted octanol–water partition coefficient (Wildman–Crippen LogP) is 2.56. The molecule has 104 valence electrons. The minimum Gasteiger partial charge on any atom is -0.468 e. The first-order chi connectivity index (χ1) is 9.79. The van der Waals surface area contributed by atoms with Crippen LogP contribution < -0.4 is 5.32 Å². The lowest BCUT2D eigenvalue weighted by molar-refractivity contribution is -0.143. The molecule has 0 fully saturated rings. The summed E-state index contributed by atoms with van der Waals surface area (Å²) in [5.41, 5.74) is 2.26. The van der Waals surface area contributed by atoms with Gasteiger partial charge in [-0.3, -0.25) is 4.79 Å². The van der Waals surface area contributed by atoms with Crippen molar-refractivity contribution < 1.29 is 9.53 Å². The fourth-order valence-corrected chi connectivity index (χ4v) is 2.07. The van der Waals surface area contributed by atoms with Gasteiger partial charge in [-0.25, -0.2) is 0 Å². The molecule has 1 atom stereocenters. The minimum atomic E-state index is -0.331. The Bertz CT molecular complexity index is 525. The monoisotopic (exact) mass is 269 g/mol. The largest absolute Gasteiger partial charge is 0.468 e. The van der Waals surface area contributed by atoms with E-state index in [1.54, 1.807) is 0 Å². The quantitative estimate of drug-likeness (QED) is 0.819. The van der Waals surface area contributed by atoms with Crippen molar-refractivity contribution in [3.05, 3.63) is 71.8 Å². The summed E-state index contributed by atoms with van der Waals surface area (Å²) in [4.78, 5) is 11.9. The molecule has 0 unspecified atom stereocenters. The van der Waals surface area contributed by atoms with Crippen LogP contribution in [0.1, 0.15) is 11.1 Å². The molecule has 20 heavy (non-hydrogen) atoms. The third-order valence-electron chi connectivity index (χ3n) is 3.16. The smallest absolute Gasteiger partial charge is 0.323 e. The number of carbonyl (C=O) groups excluding carboxylic acids is 1. The van der Waals surface area contributed by atoms with Crippen molar-refractivity contribution in [2.75, 3.05) is 7.11 Å². The second-order valence-corrected chi connectivity index (χ2v) is 4.63. The Morgan fingerprint density at radius 2 is 1.55 bits per heavy atom. The molecule has 2 aromatic rings. The van der Waals surface area contributed by atoms with Crippen molar-refractivity contribution in [2.24, 2.45) is 0 Å². The summed E-state index contributed by atoms with van der Waals surface area (Å²) in [6.07, 6.45) is 0.625. The van der Waals surface area contributed by atoms with E-state index in [2.05, 4.69) is 5.32 Å². The molecule has 0 heterocycles. The molecule has 2 rings (SSSR count). The van der Waals surface area contributed by atoms with Crippen LogP contribution in [0.3, 0.4) is 0 Å². The van der Waals surface area contributed by atoms with Crippen LogP contribution in [0.5, 0.6) is 0 Å². The van der Waals surface area contributed by atoms with Gasteiger partial charge in [0.25, 0.3) is 0 Å². The molecule has 0 aliphatic rings. The van der Waals surface area contributed by atoms with Crippen molar-refractivity contribution in [3.63, 3.8) is 0 Å². The van der Waals surface area contributed by atoms with E-state index in [1.165, 1.54) is 7.11 Å². The van der Waals surface area contributed by atoms with Crippen LogP contribution in [-0.2, 0) is 22.5 Å². The number of methoxy groups -OCH3 is 1. The van der Waals surface area contributed by atoms with Crippen molar-refractivity contribution in [1.29, 1.82) is 0 Å². The number of hydrogen-bond acceptors (Lipinski definition) is 3. The number of hydrogen-bond donors (Lipinski definition) is 1. The zero-order chi connectivity index (χ0) is 14.2. The number of esters is 1. The molecule has 0 saturated carbocycles. The number of carbonyl (C=O) groups is 1. The maximum Gasteiger partial charge on any atom is 0.323 e. The lowest BCUT2D eigenvalue weighted by Crippen LogP contribution is -2.39. The summed E-state index contributed by atoms with van der Waals surface area (Å²) in [5, 5.41) is 3.26. The first-order valence-corrected chi connectivity index (χ1v) is 6.68. The predicted molar refractivity (Wildman–Crippen MR) is 79.2 cm³/mol. The van der Waals surface area contributed by atoms with Gasteiger partial charge in [-0.05, 0) is 17.5 Å². The maximum absolute atomic E-state index is 11.9. The zero-order valence-corrected chi connectivity index (χ0v) is 11.6. The highest BCUT2D eigenvalue weighted by molar-refractivity contribution is 5.76. The SMILES string of the molecule is COC(=O)[C@H](Cc1ccccc1)NCc1ccccc1. The Balaban J connectivity index is 1.99. The van der Waals surface area contributed by atoms with E-state index in [9.17, 15) is 4.79 Å². The van der Waals surface area contributed by atoms with Crippen LogP contribution in [-0.4, -0.2) is 19.1 Å². The molecule has 0 aliphatic carbocycles. The Morgan fingerprint density at radius 1 is 1.00 bits per heavy atom. The summed E-state index contributed by atoms with van der Waals surface area (Å²) in [6.45, 7) is 0.646. The molecule has 2 aromatic carbocycles. The average molecular weight is 269 g/mol. The van der Waals surface area contributed by atoms with Crippen LogP contribution in [0.25, 0.3) is 0 Å². The van der Waals surface area contributed by atoms with E-state index in [1.807, 2.05) is 60.7 Å². The molecule has 3 heteroatoms. The van der Waals surface area contributed by atoms with Gasteiger partial charge in [0.15, 0.2) is 0 Å². The van der Waals surface area contributed by atoms with E-state index >= 15 is 0 Å². The topological polar surface area (TPSA) is 38.3 Å². The van der Waals surface area contributed by atoms with Crippen LogP contribution in [0.15, 0.2) is 60.7 Å². The van der Waals surface area contributed by atoms with Crippen molar-refractivity contribution >= 4 is 5.97 Å². The Labute approximate surface area is 119 Å². The fraction of sp³-hybridized carbons (Fsp3) is 0.235. The summed E-state index contributed by atoms with van der Waals surface area (Å²) < 4.78 is 4.87. The number of rotatable bonds is 6. The zero-order valence-electron chi connectivity index (χ0n) is 11.6. The van der Waals surface area contributed by atoms with Gasteiger partial charge in [-0.1, -0.05) is 60.7 Å².